The zero-order valence-electron chi connectivity index (χ0n) is 15.5. The Balaban J connectivity index is 1.79. The van der Waals surface area contributed by atoms with Crippen molar-refractivity contribution in [3.05, 3.63) is 101 Å². The highest BCUT2D eigenvalue weighted by atomic mass is 16.5. The summed E-state index contributed by atoms with van der Waals surface area (Å²) in [4.78, 5) is 12.5. The smallest absolute Gasteiger partial charge is 0.189 e. The summed E-state index contributed by atoms with van der Waals surface area (Å²) in [5, 5.41) is 10.6. The van der Waals surface area contributed by atoms with Crippen molar-refractivity contribution >= 4 is 11.9 Å². The van der Waals surface area contributed by atoms with Gasteiger partial charge in [0.1, 0.15) is 6.61 Å². The number of carbonyl (C=O) groups excluding carboxylic acids is 1. The van der Waals surface area contributed by atoms with E-state index in [-0.39, 0.29) is 17.1 Å². The molecule has 3 aromatic rings. The predicted octanol–water partition coefficient (Wildman–Crippen LogP) is 5.48. The molecular formula is C24H22O3. The molecule has 0 heterocycles. The molecule has 0 atom stereocenters. The lowest BCUT2D eigenvalue weighted by Crippen LogP contribution is -2.01. The largest absolute Gasteiger partial charge is 0.504 e. The van der Waals surface area contributed by atoms with E-state index in [0.29, 0.717) is 12.4 Å². The first-order chi connectivity index (χ1) is 13.0. The number of carbonyl (C=O) groups is 1. The Morgan fingerprint density at radius 2 is 1.67 bits per heavy atom. The SMILES string of the molecule is Cc1ccc(C=CC(=O)c2ccc(C)c(OCc3ccccc3)c2O)cc1. The molecule has 3 heteroatoms. The van der Waals surface area contributed by atoms with Gasteiger partial charge in [0.2, 0.25) is 0 Å². The highest BCUT2D eigenvalue weighted by molar-refractivity contribution is 6.09. The monoisotopic (exact) mass is 358 g/mol. The molecule has 3 nitrogen and oxygen atoms in total. The number of phenols is 1. The van der Waals surface area contributed by atoms with Gasteiger partial charge in [-0.15, -0.1) is 0 Å². The molecule has 0 bridgehead atoms. The Hall–Kier alpha value is -3.33. The normalized spacial score (nSPS) is 10.9. The molecule has 0 aliphatic carbocycles. The summed E-state index contributed by atoms with van der Waals surface area (Å²) >= 11 is 0. The molecule has 0 saturated heterocycles. The summed E-state index contributed by atoms with van der Waals surface area (Å²) < 4.78 is 5.79. The molecule has 0 radical (unpaired) electrons. The lowest BCUT2D eigenvalue weighted by Gasteiger charge is -2.13. The molecule has 0 aliphatic heterocycles. The number of hydrogen-bond acceptors (Lipinski definition) is 3. The predicted molar refractivity (Wildman–Crippen MR) is 108 cm³/mol. The van der Waals surface area contributed by atoms with Crippen LogP contribution in [-0.4, -0.2) is 10.9 Å². The van der Waals surface area contributed by atoms with Crippen LogP contribution in [0.15, 0.2) is 72.8 Å². The number of rotatable bonds is 6. The molecule has 0 aliphatic rings. The molecule has 0 unspecified atom stereocenters. The summed E-state index contributed by atoms with van der Waals surface area (Å²) in [5.74, 6) is -0.0458. The first-order valence-corrected chi connectivity index (χ1v) is 8.83. The number of ether oxygens (including phenoxy) is 1. The first-order valence-electron chi connectivity index (χ1n) is 8.83. The van der Waals surface area contributed by atoms with Crippen molar-refractivity contribution in [2.75, 3.05) is 0 Å². The van der Waals surface area contributed by atoms with Crippen LogP contribution < -0.4 is 4.74 Å². The lowest BCUT2D eigenvalue weighted by molar-refractivity contribution is 0.104. The average molecular weight is 358 g/mol. The van der Waals surface area contributed by atoms with Crippen LogP contribution in [0.2, 0.25) is 0 Å². The van der Waals surface area contributed by atoms with E-state index >= 15 is 0 Å². The Labute approximate surface area is 159 Å². The first kappa shape index (κ1) is 18.5. The molecule has 0 spiro atoms. The van der Waals surface area contributed by atoms with E-state index in [1.54, 1.807) is 18.2 Å². The van der Waals surface area contributed by atoms with Gasteiger partial charge >= 0.3 is 0 Å². The molecular weight excluding hydrogens is 336 g/mol. The average Bonchev–Trinajstić information content (AvgIpc) is 2.68. The molecule has 0 aromatic heterocycles. The summed E-state index contributed by atoms with van der Waals surface area (Å²) in [6.07, 6.45) is 3.21. The number of benzene rings is 3. The van der Waals surface area contributed by atoms with Gasteiger partial charge in [0.05, 0.1) is 5.56 Å². The van der Waals surface area contributed by atoms with Crippen molar-refractivity contribution in [3.8, 4) is 11.5 Å². The van der Waals surface area contributed by atoms with Gasteiger partial charge in [-0.2, -0.15) is 0 Å². The lowest BCUT2D eigenvalue weighted by atomic mass is 10.0. The fourth-order valence-electron chi connectivity index (χ4n) is 2.72. The van der Waals surface area contributed by atoms with Gasteiger partial charge in [-0.3, -0.25) is 4.79 Å². The Morgan fingerprint density at radius 3 is 2.37 bits per heavy atom. The second kappa shape index (κ2) is 8.37. The van der Waals surface area contributed by atoms with Gasteiger partial charge in [0.25, 0.3) is 0 Å². The maximum absolute atomic E-state index is 12.5. The van der Waals surface area contributed by atoms with E-state index in [4.69, 9.17) is 4.74 Å². The number of aryl methyl sites for hydroxylation is 2. The van der Waals surface area contributed by atoms with E-state index in [2.05, 4.69) is 0 Å². The van der Waals surface area contributed by atoms with Crippen molar-refractivity contribution in [2.24, 2.45) is 0 Å². The molecule has 0 fully saturated rings. The second-order valence-electron chi connectivity index (χ2n) is 6.49. The van der Waals surface area contributed by atoms with E-state index in [1.165, 1.54) is 6.08 Å². The van der Waals surface area contributed by atoms with Crippen molar-refractivity contribution in [1.29, 1.82) is 0 Å². The van der Waals surface area contributed by atoms with Crippen LogP contribution in [0.4, 0.5) is 0 Å². The fraction of sp³-hybridized carbons (Fsp3) is 0.125. The van der Waals surface area contributed by atoms with E-state index in [9.17, 15) is 9.90 Å². The van der Waals surface area contributed by atoms with Gasteiger partial charge in [0, 0.05) is 0 Å². The van der Waals surface area contributed by atoms with Crippen molar-refractivity contribution in [3.63, 3.8) is 0 Å². The summed E-state index contributed by atoms with van der Waals surface area (Å²) in [5.41, 5.74) is 4.10. The molecule has 3 aromatic carbocycles. The second-order valence-corrected chi connectivity index (χ2v) is 6.49. The number of hydrogen-bond donors (Lipinski definition) is 1. The van der Waals surface area contributed by atoms with Gasteiger partial charge in [0.15, 0.2) is 17.3 Å². The van der Waals surface area contributed by atoms with Crippen LogP contribution in [0, 0.1) is 13.8 Å². The maximum Gasteiger partial charge on any atom is 0.189 e. The molecule has 1 N–H and O–H groups in total. The zero-order valence-corrected chi connectivity index (χ0v) is 15.5. The highest BCUT2D eigenvalue weighted by Crippen LogP contribution is 2.34. The van der Waals surface area contributed by atoms with Crippen LogP contribution in [0.3, 0.4) is 0 Å². The number of phenolic OH excluding ortho intramolecular Hbond substituents is 1. The maximum atomic E-state index is 12.5. The van der Waals surface area contributed by atoms with Crippen molar-refractivity contribution in [1.82, 2.24) is 0 Å². The third-order valence-corrected chi connectivity index (χ3v) is 4.32. The van der Waals surface area contributed by atoms with Gasteiger partial charge in [-0.05, 0) is 42.7 Å². The van der Waals surface area contributed by atoms with Crippen molar-refractivity contribution < 1.29 is 14.6 Å². The van der Waals surface area contributed by atoms with Crippen LogP contribution in [0.25, 0.3) is 6.08 Å². The molecule has 27 heavy (non-hydrogen) atoms. The number of aromatic hydroxyl groups is 1. The quantitative estimate of drug-likeness (QED) is 0.468. The summed E-state index contributed by atoms with van der Waals surface area (Å²) in [7, 11) is 0. The third kappa shape index (κ3) is 4.64. The standard InChI is InChI=1S/C24H22O3/c1-17-8-11-19(12-9-17)13-15-22(25)21-14-10-18(2)24(23(21)26)27-16-20-6-4-3-5-7-20/h3-15,26H,16H2,1-2H3. The topological polar surface area (TPSA) is 46.5 Å². The Kier molecular flexibility index (Phi) is 5.72. The minimum atomic E-state index is -0.266. The van der Waals surface area contributed by atoms with Gasteiger partial charge < -0.3 is 9.84 Å². The number of ketones is 1. The van der Waals surface area contributed by atoms with Crippen molar-refractivity contribution in [2.45, 2.75) is 20.5 Å². The Morgan fingerprint density at radius 1 is 0.963 bits per heavy atom. The molecule has 3 rings (SSSR count). The van der Waals surface area contributed by atoms with E-state index in [0.717, 1.165) is 22.3 Å². The third-order valence-electron chi connectivity index (χ3n) is 4.32. The molecule has 136 valence electrons. The van der Waals surface area contributed by atoms with Crippen LogP contribution in [-0.2, 0) is 6.61 Å². The summed E-state index contributed by atoms with van der Waals surface area (Å²) in [6, 6.07) is 21.0. The van der Waals surface area contributed by atoms with Crippen LogP contribution in [0.1, 0.15) is 32.6 Å². The highest BCUT2D eigenvalue weighted by Gasteiger charge is 2.16. The molecule has 0 amide bonds. The van der Waals surface area contributed by atoms with E-state index in [1.807, 2.05) is 68.4 Å². The van der Waals surface area contributed by atoms with Gasteiger partial charge in [-0.1, -0.05) is 72.3 Å². The fourth-order valence-corrected chi connectivity index (χ4v) is 2.72. The zero-order chi connectivity index (χ0) is 19.2. The minimum absolute atomic E-state index is 0.121. The van der Waals surface area contributed by atoms with Crippen LogP contribution in [0.5, 0.6) is 11.5 Å². The molecule has 0 saturated carbocycles. The van der Waals surface area contributed by atoms with Crippen LogP contribution >= 0.6 is 0 Å². The van der Waals surface area contributed by atoms with E-state index < -0.39 is 0 Å². The minimum Gasteiger partial charge on any atom is -0.504 e. The Bertz CT molecular complexity index is 955. The number of allylic oxidation sites excluding steroid dienone is 1. The summed E-state index contributed by atoms with van der Waals surface area (Å²) in [6.45, 7) is 4.18. The van der Waals surface area contributed by atoms with Gasteiger partial charge in [-0.25, -0.2) is 0 Å².